The van der Waals surface area contributed by atoms with Crippen molar-refractivity contribution in [1.82, 2.24) is 10.4 Å². The third-order valence-electron chi connectivity index (χ3n) is 4.65. The van der Waals surface area contributed by atoms with Gasteiger partial charge in [-0.05, 0) is 55.5 Å². The Morgan fingerprint density at radius 1 is 1.12 bits per heavy atom. The maximum atomic E-state index is 5.65. The fraction of sp³-hybridized carbons (Fsp3) is 0.474. The molecule has 2 aliphatic rings. The van der Waals surface area contributed by atoms with Crippen LogP contribution in [0.15, 0.2) is 34.9 Å². The minimum Gasteiger partial charge on any atom is -0.493 e. The van der Waals surface area contributed by atoms with Gasteiger partial charge in [-0.3, -0.25) is 5.43 Å². The van der Waals surface area contributed by atoms with Crippen LogP contribution in [-0.2, 0) is 6.54 Å². The van der Waals surface area contributed by atoms with E-state index in [1.165, 1.54) is 31.2 Å². The van der Waals surface area contributed by atoms with Crippen molar-refractivity contribution >= 4 is 0 Å². The van der Waals surface area contributed by atoms with Crippen LogP contribution in [0.4, 0.5) is 0 Å². The highest BCUT2D eigenvalue weighted by molar-refractivity contribution is 5.67. The zero-order valence-electron chi connectivity index (χ0n) is 14.2. The van der Waals surface area contributed by atoms with Crippen LogP contribution < -0.4 is 14.9 Å². The molecule has 1 aromatic heterocycles. The minimum absolute atomic E-state index is 0.642. The summed E-state index contributed by atoms with van der Waals surface area (Å²) in [6.07, 6.45) is 6.80. The molecule has 1 heterocycles. The van der Waals surface area contributed by atoms with Crippen LogP contribution in [0.3, 0.4) is 0 Å². The summed E-state index contributed by atoms with van der Waals surface area (Å²) in [6, 6.07) is 9.27. The van der Waals surface area contributed by atoms with E-state index in [9.17, 15) is 0 Å². The second kappa shape index (κ2) is 6.49. The monoisotopic (exact) mass is 328 g/mol. The molecule has 0 saturated heterocycles. The molecular weight excluding hydrogens is 304 g/mol. The third kappa shape index (κ3) is 3.28. The van der Waals surface area contributed by atoms with Gasteiger partial charge in [-0.1, -0.05) is 0 Å². The average Bonchev–Trinajstić information content (AvgIpc) is 3.53. The van der Waals surface area contributed by atoms with E-state index in [0.29, 0.717) is 12.1 Å². The lowest BCUT2D eigenvalue weighted by Gasteiger charge is -2.25. The van der Waals surface area contributed by atoms with Crippen molar-refractivity contribution in [3.63, 3.8) is 0 Å². The molecule has 0 bridgehead atoms. The van der Waals surface area contributed by atoms with Gasteiger partial charge in [0.25, 0.3) is 0 Å². The van der Waals surface area contributed by atoms with Crippen LogP contribution in [0.1, 0.15) is 31.2 Å². The van der Waals surface area contributed by atoms with Gasteiger partial charge in [0.2, 0.25) is 0 Å². The van der Waals surface area contributed by atoms with Gasteiger partial charge in [0.15, 0.2) is 11.5 Å². The number of nitrogens with zero attached hydrogens (tertiary/aromatic N) is 1. The van der Waals surface area contributed by atoms with Crippen molar-refractivity contribution in [1.29, 1.82) is 0 Å². The van der Waals surface area contributed by atoms with Crippen molar-refractivity contribution < 1.29 is 13.9 Å². The third-order valence-corrected chi connectivity index (χ3v) is 4.65. The summed E-state index contributed by atoms with van der Waals surface area (Å²) in [6.45, 7) is 0.831. The summed E-state index contributed by atoms with van der Waals surface area (Å²) >= 11 is 0. The van der Waals surface area contributed by atoms with E-state index in [0.717, 1.165) is 29.4 Å². The fourth-order valence-electron chi connectivity index (χ4n) is 3.01. The van der Waals surface area contributed by atoms with Gasteiger partial charge in [0.05, 0.1) is 20.5 Å². The zero-order chi connectivity index (χ0) is 16.5. The van der Waals surface area contributed by atoms with E-state index in [2.05, 4.69) is 16.5 Å². The molecular formula is C19H24N2O3. The van der Waals surface area contributed by atoms with Crippen LogP contribution in [0.2, 0.25) is 0 Å². The van der Waals surface area contributed by atoms with Crippen molar-refractivity contribution in [2.45, 2.75) is 44.3 Å². The molecule has 1 aromatic carbocycles. The fourth-order valence-corrected chi connectivity index (χ4v) is 3.01. The lowest BCUT2D eigenvalue weighted by atomic mass is 10.0. The second-order valence-corrected chi connectivity index (χ2v) is 6.60. The Hall–Kier alpha value is -1.98. The van der Waals surface area contributed by atoms with E-state index in [-0.39, 0.29) is 0 Å². The molecule has 2 aliphatic carbocycles. The summed E-state index contributed by atoms with van der Waals surface area (Å²) < 4.78 is 16.6. The predicted molar refractivity (Wildman–Crippen MR) is 92.0 cm³/mol. The Morgan fingerprint density at radius 3 is 2.46 bits per heavy atom. The minimum atomic E-state index is 0.642. The first-order valence-electron chi connectivity index (χ1n) is 8.60. The van der Waals surface area contributed by atoms with Crippen molar-refractivity contribution in [2.24, 2.45) is 0 Å². The lowest BCUT2D eigenvalue weighted by molar-refractivity contribution is 0.163. The van der Waals surface area contributed by atoms with E-state index in [1.54, 1.807) is 20.5 Å². The van der Waals surface area contributed by atoms with Gasteiger partial charge >= 0.3 is 0 Å². The number of rotatable bonds is 8. The van der Waals surface area contributed by atoms with Gasteiger partial charge in [-0.15, -0.1) is 0 Å². The molecule has 0 aliphatic heterocycles. The number of hydrazine groups is 1. The lowest BCUT2D eigenvalue weighted by Crippen LogP contribution is -2.40. The quantitative estimate of drug-likeness (QED) is 0.750. The summed E-state index contributed by atoms with van der Waals surface area (Å²) in [5.41, 5.74) is 5.91. The normalized spacial score (nSPS) is 17.3. The maximum Gasteiger partial charge on any atom is 0.161 e. The highest BCUT2D eigenvalue weighted by Crippen LogP contribution is 2.38. The summed E-state index contributed by atoms with van der Waals surface area (Å²) in [5, 5.41) is 2.39. The van der Waals surface area contributed by atoms with Crippen LogP contribution in [0, 0.1) is 0 Å². The highest BCUT2D eigenvalue weighted by Gasteiger charge is 2.34. The molecule has 1 N–H and O–H groups in total. The molecule has 2 saturated carbocycles. The van der Waals surface area contributed by atoms with Crippen molar-refractivity contribution in [3.05, 3.63) is 36.1 Å². The van der Waals surface area contributed by atoms with Gasteiger partial charge in [0, 0.05) is 24.2 Å². The van der Waals surface area contributed by atoms with Crippen LogP contribution >= 0.6 is 0 Å². The van der Waals surface area contributed by atoms with Crippen molar-refractivity contribution in [2.75, 3.05) is 14.2 Å². The smallest absolute Gasteiger partial charge is 0.161 e. The van der Waals surface area contributed by atoms with Crippen molar-refractivity contribution in [3.8, 4) is 22.8 Å². The number of furan rings is 1. The number of hydrogen-bond donors (Lipinski definition) is 1. The first-order valence-corrected chi connectivity index (χ1v) is 8.60. The topological polar surface area (TPSA) is 46.9 Å². The van der Waals surface area contributed by atoms with Gasteiger partial charge < -0.3 is 13.9 Å². The SMILES string of the molecule is COc1cc(CN(NC2CC2)C2CC2)c(-c2ccco2)cc1OC. The first-order chi connectivity index (χ1) is 11.8. The average molecular weight is 328 g/mol. The van der Waals surface area contributed by atoms with Crippen LogP contribution in [0.5, 0.6) is 11.5 Å². The van der Waals surface area contributed by atoms with Gasteiger partial charge in [0.1, 0.15) is 5.76 Å². The summed E-state index contributed by atoms with van der Waals surface area (Å²) in [7, 11) is 3.34. The Bertz CT molecular complexity index is 691. The zero-order valence-corrected chi connectivity index (χ0v) is 14.2. The molecule has 0 spiro atoms. The maximum absolute atomic E-state index is 5.65. The molecule has 24 heavy (non-hydrogen) atoms. The largest absolute Gasteiger partial charge is 0.493 e. The van der Waals surface area contributed by atoms with E-state index in [4.69, 9.17) is 13.9 Å². The predicted octanol–water partition coefficient (Wildman–Crippen LogP) is 3.60. The number of nitrogens with one attached hydrogen (secondary N) is 1. The summed E-state index contributed by atoms with van der Waals surface area (Å²) in [5.74, 6) is 2.33. The second-order valence-electron chi connectivity index (χ2n) is 6.60. The van der Waals surface area contributed by atoms with Gasteiger partial charge in [-0.2, -0.15) is 0 Å². The molecule has 0 atom stereocenters. The van der Waals surface area contributed by atoms with E-state index < -0.39 is 0 Å². The Morgan fingerprint density at radius 2 is 1.88 bits per heavy atom. The molecule has 2 fully saturated rings. The molecule has 2 aromatic rings. The Labute approximate surface area is 142 Å². The molecule has 5 heteroatoms. The number of hydrogen-bond acceptors (Lipinski definition) is 5. The molecule has 128 valence electrons. The number of benzene rings is 1. The Balaban J connectivity index is 1.68. The van der Waals surface area contributed by atoms with E-state index in [1.807, 2.05) is 18.2 Å². The standard InChI is InChI=1S/C19H24N2O3/c1-22-18-10-13(12-21(15-7-8-15)20-14-5-6-14)16(11-19(18)23-2)17-4-3-9-24-17/h3-4,9-11,14-15,20H,5-8,12H2,1-2H3. The first kappa shape index (κ1) is 15.5. The molecule has 0 radical (unpaired) electrons. The Kier molecular flexibility index (Phi) is 4.21. The summed E-state index contributed by atoms with van der Waals surface area (Å²) in [4.78, 5) is 0. The molecule has 4 rings (SSSR count). The number of methoxy groups -OCH3 is 2. The van der Waals surface area contributed by atoms with Crippen LogP contribution in [0.25, 0.3) is 11.3 Å². The molecule has 0 amide bonds. The highest BCUT2D eigenvalue weighted by atomic mass is 16.5. The van der Waals surface area contributed by atoms with Crippen LogP contribution in [-0.4, -0.2) is 31.3 Å². The molecule has 0 unspecified atom stereocenters. The van der Waals surface area contributed by atoms with Gasteiger partial charge in [-0.25, -0.2) is 5.01 Å². The van der Waals surface area contributed by atoms with E-state index >= 15 is 0 Å². The molecule has 5 nitrogen and oxygen atoms in total. The number of ether oxygens (including phenoxy) is 2.